The van der Waals surface area contributed by atoms with Gasteiger partial charge in [-0.3, -0.25) is 4.90 Å². The summed E-state index contributed by atoms with van der Waals surface area (Å²) in [6.07, 6.45) is 0.797. The highest BCUT2D eigenvalue weighted by atomic mass is 32.2. The Bertz CT molecular complexity index is 1180. The molecule has 0 N–H and O–H groups in total. The van der Waals surface area contributed by atoms with E-state index in [4.69, 9.17) is 0 Å². The number of alkyl halides is 3. The number of nitrogens with zero attached hydrogens (tertiary/aromatic N) is 1. The Morgan fingerprint density at radius 2 is 1.69 bits per heavy atom. The van der Waals surface area contributed by atoms with Crippen molar-refractivity contribution in [2.24, 2.45) is 0 Å². The average molecular weight is 421 g/mol. The molecule has 0 amide bonds. The Hall–Kier alpha value is -2.58. The maximum atomic E-state index is 13.0. The third-order valence-corrected chi connectivity index (χ3v) is 6.18. The van der Waals surface area contributed by atoms with Gasteiger partial charge in [0.05, 0.1) is 6.04 Å². The molecule has 4 nitrogen and oxygen atoms in total. The summed E-state index contributed by atoms with van der Waals surface area (Å²) in [5.74, 6) is -0.311. The van der Waals surface area contributed by atoms with Gasteiger partial charge in [-0.05, 0) is 41.4 Å². The number of halogens is 3. The molecule has 0 bridgehead atoms. The first-order valence-electron chi connectivity index (χ1n) is 8.99. The van der Waals surface area contributed by atoms with Crippen molar-refractivity contribution in [3.8, 4) is 5.75 Å². The minimum absolute atomic E-state index is 0.311. The minimum atomic E-state index is -5.79. The van der Waals surface area contributed by atoms with Gasteiger partial charge in [-0.15, -0.1) is 0 Å². The highest BCUT2D eigenvalue weighted by molar-refractivity contribution is 7.88. The molecule has 0 spiro atoms. The molecule has 1 aliphatic heterocycles. The van der Waals surface area contributed by atoms with Crippen molar-refractivity contribution in [3.63, 3.8) is 0 Å². The molecule has 29 heavy (non-hydrogen) atoms. The highest BCUT2D eigenvalue weighted by Gasteiger charge is 2.49. The Balaban J connectivity index is 1.98. The van der Waals surface area contributed by atoms with Crippen molar-refractivity contribution in [2.45, 2.75) is 18.0 Å². The summed E-state index contributed by atoms with van der Waals surface area (Å²) >= 11 is 0. The van der Waals surface area contributed by atoms with Gasteiger partial charge in [0, 0.05) is 12.1 Å². The van der Waals surface area contributed by atoms with E-state index in [1.54, 1.807) is 18.2 Å². The fourth-order valence-electron chi connectivity index (χ4n) is 3.86. The van der Waals surface area contributed by atoms with Gasteiger partial charge in [0.25, 0.3) is 0 Å². The van der Waals surface area contributed by atoms with Gasteiger partial charge in [0.15, 0.2) is 0 Å². The highest BCUT2D eigenvalue weighted by Crippen LogP contribution is 2.43. The van der Waals surface area contributed by atoms with Gasteiger partial charge in [-0.25, -0.2) is 0 Å². The van der Waals surface area contributed by atoms with Gasteiger partial charge in [0.1, 0.15) is 5.75 Å². The lowest BCUT2D eigenvalue weighted by Crippen LogP contribution is -2.34. The van der Waals surface area contributed by atoms with Crippen LogP contribution >= 0.6 is 0 Å². The number of fused-ring (bicyclic) bond motifs is 2. The van der Waals surface area contributed by atoms with Crippen LogP contribution in [0.2, 0.25) is 0 Å². The fourth-order valence-corrected chi connectivity index (χ4v) is 4.34. The van der Waals surface area contributed by atoms with E-state index in [1.807, 2.05) is 48.3 Å². The fraction of sp³-hybridized carbons (Fsp3) is 0.238. The van der Waals surface area contributed by atoms with Crippen LogP contribution in [0.5, 0.6) is 5.75 Å². The molecule has 0 saturated heterocycles. The van der Waals surface area contributed by atoms with Crippen LogP contribution in [0, 0.1) is 0 Å². The Labute approximate surface area is 166 Å². The molecule has 0 fully saturated rings. The predicted molar refractivity (Wildman–Crippen MR) is 104 cm³/mol. The zero-order chi connectivity index (χ0) is 20.8. The first-order chi connectivity index (χ1) is 13.7. The molecule has 1 heterocycles. The van der Waals surface area contributed by atoms with Gasteiger partial charge in [-0.2, -0.15) is 21.6 Å². The van der Waals surface area contributed by atoms with Crippen LogP contribution in [0.1, 0.15) is 22.7 Å². The topological polar surface area (TPSA) is 46.6 Å². The van der Waals surface area contributed by atoms with Crippen molar-refractivity contribution in [1.82, 2.24) is 4.90 Å². The summed E-state index contributed by atoms with van der Waals surface area (Å²) < 4.78 is 67.2. The summed E-state index contributed by atoms with van der Waals surface area (Å²) in [5.41, 5.74) is -3.10. The normalized spacial score (nSPS) is 17.9. The van der Waals surface area contributed by atoms with Crippen molar-refractivity contribution >= 4 is 20.9 Å². The van der Waals surface area contributed by atoms with E-state index in [0.29, 0.717) is 17.5 Å². The second kappa shape index (κ2) is 7.03. The van der Waals surface area contributed by atoms with E-state index in [2.05, 4.69) is 4.18 Å². The molecule has 4 rings (SSSR count). The van der Waals surface area contributed by atoms with Crippen LogP contribution in [0.4, 0.5) is 13.2 Å². The lowest BCUT2D eigenvalue weighted by Gasteiger charge is -2.36. The van der Waals surface area contributed by atoms with Crippen molar-refractivity contribution in [3.05, 3.63) is 77.4 Å². The number of rotatable bonds is 3. The average Bonchev–Trinajstić information content (AvgIpc) is 2.67. The molecule has 0 radical (unpaired) electrons. The Morgan fingerprint density at radius 3 is 2.45 bits per heavy atom. The lowest BCUT2D eigenvalue weighted by atomic mass is 9.86. The molecule has 0 saturated carbocycles. The van der Waals surface area contributed by atoms with E-state index in [9.17, 15) is 21.6 Å². The van der Waals surface area contributed by atoms with Crippen LogP contribution < -0.4 is 4.18 Å². The first kappa shape index (κ1) is 19.7. The maximum Gasteiger partial charge on any atom is 0.534 e. The molecule has 0 unspecified atom stereocenters. The molecule has 8 heteroatoms. The summed E-state index contributed by atoms with van der Waals surface area (Å²) in [5, 5.41) is 1.44. The second-order valence-electron chi connectivity index (χ2n) is 7.01. The zero-order valence-corrected chi connectivity index (χ0v) is 16.3. The SMILES string of the molecule is CN1CCc2ccccc2[C@@H]1c1c(OS(=O)(=O)C(F)(F)F)ccc2ccccc12. The van der Waals surface area contributed by atoms with Crippen LogP contribution in [0.3, 0.4) is 0 Å². The Morgan fingerprint density at radius 1 is 1.00 bits per heavy atom. The zero-order valence-electron chi connectivity index (χ0n) is 15.5. The van der Waals surface area contributed by atoms with E-state index >= 15 is 0 Å². The summed E-state index contributed by atoms with van der Waals surface area (Å²) in [6.45, 7) is 0.677. The van der Waals surface area contributed by atoms with E-state index in [1.165, 1.54) is 6.07 Å². The molecule has 3 aromatic carbocycles. The molecular formula is C21H18F3NO3S. The Kier molecular flexibility index (Phi) is 4.78. The van der Waals surface area contributed by atoms with Crippen LogP contribution in [-0.2, 0) is 16.5 Å². The number of likely N-dealkylation sites (N-methyl/N-ethyl adjacent to an activating group) is 1. The number of hydrogen-bond donors (Lipinski definition) is 0. The maximum absolute atomic E-state index is 13.0. The van der Waals surface area contributed by atoms with Crippen LogP contribution in [0.25, 0.3) is 10.8 Å². The summed E-state index contributed by atoms with van der Waals surface area (Å²) in [7, 11) is -3.93. The van der Waals surface area contributed by atoms with Crippen molar-refractivity contribution in [2.75, 3.05) is 13.6 Å². The largest absolute Gasteiger partial charge is 0.534 e. The smallest absolute Gasteiger partial charge is 0.376 e. The molecular weight excluding hydrogens is 403 g/mol. The first-order valence-corrected chi connectivity index (χ1v) is 10.4. The quantitative estimate of drug-likeness (QED) is 0.456. The van der Waals surface area contributed by atoms with Crippen molar-refractivity contribution < 1.29 is 25.8 Å². The third kappa shape index (κ3) is 3.47. The molecule has 1 aliphatic rings. The van der Waals surface area contributed by atoms with E-state index < -0.39 is 21.7 Å². The van der Waals surface area contributed by atoms with Gasteiger partial charge >= 0.3 is 15.6 Å². The molecule has 0 aliphatic carbocycles. The summed E-state index contributed by atoms with van der Waals surface area (Å²) in [4.78, 5) is 2.00. The van der Waals surface area contributed by atoms with E-state index in [0.717, 1.165) is 22.9 Å². The van der Waals surface area contributed by atoms with Crippen LogP contribution in [-0.4, -0.2) is 32.4 Å². The standard InChI is InChI=1S/C21H18F3NO3S/c1-25-13-12-15-7-3-5-9-17(15)20(25)19-16-8-4-2-6-14(16)10-11-18(19)28-29(26,27)21(22,23)24/h2-11,20H,12-13H2,1H3/t20-/m1/s1. The van der Waals surface area contributed by atoms with Gasteiger partial charge in [-0.1, -0.05) is 54.6 Å². The van der Waals surface area contributed by atoms with Gasteiger partial charge < -0.3 is 4.18 Å². The number of hydrogen-bond acceptors (Lipinski definition) is 4. The van der Waals surface area contributed by atoms with Crippen molar-refractivity contribution in [1.29, 1.82) is 0 Å². The van der Waals surface area contributed by atoms with Gasteiger partial charge in [0.2, 0.25) is 0 Å². The lowest BCUT2D eigenvalue weighted by molar-refractivity contribution is -0.0500. The van der Waals surface area contributed by atoms with E-state index in [-0.39, 0.29) is 5.75 Å². The second-order valence-corrected chi connectivity index (χ2v) is 8.55. The molecule has 3 aromatic rings. The molecule has 152 valence electrons. The predicted octanol–water partition coefficient (Wildman–Crippen LogP) is 4.65. The minimum Gasteiger partial charge on any atom is -0.376 e. The number of benzene rings is 3. The van der Waals surface area contributed by atoms with Crippen LogP contribution in [0.15, 0.2) is 60.7 Å². The molecule has 1 atom stereocenters. The summed E-state index contributed by atoms with van der Waals surface area (Å²) in [6, 6.07) is 17.3. The molecule has 0 aromatic heterocycles. The monoisotopic (exact) mass is 421 g/mol. The third-order valence-electron chi connectivity index (χ3n) is 5.21.